The molecule has 2 heterocycles. The molecule has 234 valence electrons. The van der Waals surface area contributed by atoms with Crippen LogP contribution in [0.25, 0.3) is 0 Å². The van der Waals surface area contributed by atoms with Crippen molar-refractivity contribution in [3.63, 3.8) is 0 Å². The van der Waals surface area contributed by atoms with Crippen LogP contribution in [0.1, 0.15) is 110 Å². The lowest BCUT2D eigenvalue weighted by atomic mass is 9.44. The van der Waals surface area contributed by atoms with Crippen LogP contribution in [-0.2, 0) is 23.7 Å². The first-order chi connectivity index (χ1) is 20.5. The molecule has 1 N–H and O–H groups in total. The Balaban J connectivity index is 0.987. The number of rotatable bonds is 16. The van der Waals surface area contributed by atoms with Crippen molar-refractivity contribution in [2.45, 2.75) is 127 Å². The van der Waals surface area contributed by atoms with Crippen molar-refractivity contribution in [2.75, 3.05) is 26.5 Å². The Bertz CT molecular complexity index is 1050. The highest BCUT2D eigenvalue weighted by atomic mass is 16.8. The van der Waals surface area contributed by atoms with E-state index in [0.29, 0.717) is 31.0 Å². The molecule has 0 radical (unpaired) electrons. The first kappa shape index (κ1) is 30.0. The fourth-order valence-electron chi connectivity index (χ4n) is 8.90. The van der Waals surface area contributed by atoms with Crippen LogP contribution in [0.4, 0.5) is 4.79 Å². The summed E-state index contributed by atoms with van der Waals surface area (Å²) in [5.74, 6) is 2.07. The molecular weight excluding hydrogens is 534 g/mol. The fourth-order valence-corrected chi connectivity index (χ4v) is 8.90. The van der Waals surface area contributed by atoms with E-state index < -0.39 is 23.3 Å². The second-order valence-corrected chi connectivity index (χ2v) is 13.8. The molecule has 42 heavy (non-hydrogen) atoms. The Morgan fingerprint density at radius 3 is 2.52 bits per heavy atom. The molecule has 0 aromatic heterocycles. The molecule has 0 amide bonds. The van der Waals surface area contributed by atoms with Crippen LogP contribution in [0.5, 0.6) is 0 Å². The Hall–Kier alpha value is -2.06. The molecule has 2 bridgehead atoms. The van der Waals surface area contributed by atoms with Gasteiger partial charge in [-0.25, -0.2) is 4.79 Å². The van der Waals surface area contributed by atoms with Crippen LogP contribution >= 0.6 is 0 Å². The minimum Gasteiger partial charge on any atom is -0.482 e. The Morgan fingerprint density at radius 1 is 1.05 bits per heavy atom. The number of ketones is 1. The molecule has 3 saturated carbocycles. The Kier molecular flexibility index (Phi) is 9.20. The second kappa shape index (κ2) is 12.9. The van der Waals surface area contributed by atoms with Crippen LogP contribution in [0.2, 0.25) is 0 Å². The highest BCUT2D eigenvalue weighted by molar-refractivity contribution is 5.87. The summed E-state index contributed by atoms with van der Waals surface area (Å²) in [5.41, 5.74) is -1.58. The van der Waals surface area contributed by atoms with Gasteiger partial charge in [-0.15, -0.1) is 0 Å². The van der Waals surface area contributed by atoms with Crippen LogP contribution in [0.15, 0.2) is 23.7 Å². The molecule has 1 spiro atoms. The Morgan fingerprint density at radius 2 is 1.79 bits per heavy atom. The molecule has 6 rings (SSSR count). The molecule has 6 atom stereocenters. The van der Waals surface area contributed by atoms with Crippen LogP contribution in [-0.4, -0.2) is 66.2 Å². The van der Waals surface area contributed by atoms with E-state index in [4.69, 9.17) is 18.9 Å². The summed E-state index contributed by atoms with van der Waals surface area (Å²) in [6.07, 6.45) is 19.9. The lowest BCUT2D eigenvalue weighted by molar-refractivity contribution is -0.244. The predicted octanol–water partition coefficient (Wildman–Crippen LogP) is 6.42. The number of hydrogen-bond donors (Lipinski definition) is 1. The van der Waals surface area contributed by atoms with Gasteiger partial charge in [-0.2, -0.15) is 0 Å². The maximum atomic E-state index is 13.2. The van der Waals surface area contributed by atoms with Gasteiger partial charge in [-0.3, -0.25) is 9.69 Å². The molecule has 4 aliphatic carbocycles. The molecule has 6 aliphatic rings. The minimum atomic E-state index is -0.952. The van der Waals surface area contributed by atoms with Crippen molar-refractivity contribution in [3.05, 3.63) is 23.7 Å². The lowest BCUT2D eigenvalue weighted by Gasteiger charge is -2.65. The second-order valence-electron chi connectivity index (χ2n) is 13.8. The standard InChI is InChI=1S/C34H51NO7/c1-2-3-4-5-6-7-8-9-10-11-20-39-32(37)41-23-40-27-15-14-25-21-28-34(38)17-16-26(36)31-33(34,29(25)30(27)42-31)18-19-35(28)22-24-12-13-24/h14-15,24-25,28-29,31,38H,2-13,16-23H2,1H3/t25?,28?,29?,31-,33-,34+/m0/s1. The number of likely N-dealkylation sites (tertiary alicyclic amines) is 1. The quantitative estimate of drug-likeness (QED) is 0.126. The number of nitrogens with zero attached hydrogens (tertiary/aromatic N) is 1. The third kappa shape index (κ3) is 5.62. The van der Waals surface area contributed by atoms with Crippen molar-refractivity contribution in [1.82, 2.24) is 4.90 Å². The molecule has 8 nitrogen and oxygen atoms in total. The summed E-state index contributed by atoms with van der Waals surface area (Å²) in [4.78, 5) is 27.9. The van der Waals surface area contributed by atoms with Crippen LogP contribution in [0.3, 0.4) is 0 Å². The van der Waals surface area contributed by atoms with E-state index in [1.54, 1.807) is 0 Å². The number of Topliss-reactive ketones (excluding diaryl/α,β-unsaturated/α-hetero) is 1. The van der Waals surface area contributed by atoms with Gasteiger partial charge in [0, 0.05) is 24.9 Å². The highest BCUT2D eigenvalue weighted by Gasteiger charge is 2.77. The van der Waals surface area contributed by atoms with E-state index in [1.165, 1.54) is 64.2 Å². The average molecular weight is 586 g/mol. The molecule has 3 unspecified atom stereocenters. The van der Waals surface area contributed by atoms with Gasteiger partial charge in [0.1, 0.15) is 5.76 Å². The largest absolute Gasteiger partial charge is 0.511 e. The monoisotopic (exact) mass is 585 g/mol. The van der Waals surface area contributed by atoms with E-state index >= 15 is 0 Å². The zero-order chi connectivity index (χ0) is 29.2. The van der Waals surface area contributed by atoms with Gasteiger partial charge in [0.25, 0.3) is 0 Å². The third-order valence-electron chi connectivity index (χ3n) is 11.2. The molecule has 8 heteroatoms. The average Bonchev–Trinajstić information content (AvgIpc) is 3.72. The fraction of sp³-hybridized carbons (Fsp3) is 0.824. The van der Waals surface area contributed by atoms with E-state index in [2.05, 4.69) is 17.9 Å². The third-order valence-corrected chi connectivity index (χ3v) is 11.2. The van der Waals surface area contributed by atoms with E-state index in [1.807, 2.05) is 6.08 Å². The van der Waals surface area contributed by atoms with Gasteiger partial charge < -0.3 is 24.1 Å². The van der Waals surface area contributed by atoms with Gasteiger partial charge >= 0.3 is 6.16 Å². The Labute approximate surface area is 251 Å². The summed E-state index contributed by atoms with van der Waals surface area (Å²) >= 11 is 0. The summed E-state index contributed by atoms with van der Waals surface area (Å²) in [6.45, 7) is 4.24. The number of piperidine rings is 1. The number of aliphatic hydroxyl groups is 1. The van der Waals surface area contributed by atoms with Gasteiger partial charge in [0.05, 0.1) is 17.6 Å². The van der Waals surface area contributed by atoms with Crippen molar-refractivity contribution in [3.8, 4) is 0 Å². The topological polar surface area (TPSA) is 94.5 Å². The number of ether oxygens (including phenoxy) is 4. The predicted molar refractivity (Wildman–Crippen MR) is 157 cm³/mol. The van der Waals surface area contributed by atoms with E-state index in [0.717, 1.165) is 44.7 Å². The molecule has 5 fully saturated rings. The minimum absolute atomic E-state index is 0.0485. The van der Waals surface area contributed by atoms with Crippen molar-refractivity contribution in [2.24, 2.45) is 23.2 Å². The number of allylic oxidation sites excluding steroid dienone is 3. The van der Waals surface area contributed by atoms with Crippen molar-refractivity contribution < 1.29 is 33.6 Å². The summed E-state index contributed by atoms with van der Waals surface area (Å²) in [6, 6.07) is 0.0485. The number of unbranched alkanes of at least 4 members (excludes halogenated alkanes) is 9. The molecular formula is C34H51NO7. The van der Waals surface area contributed by atoms with Gasteiger partial charge in [0.15, 0.2) is 17.6 Å². The highest BCUT2D eigenvalue weighted by Crippen LogP contribution is 2.69. The summed E-state index contributed by atoms with van der Waals surface area (Å²) < 4.78 is 22.8. The number of hydrogen-bond acceptors (Lipinski definition) is 8. The maximum absolute atomic E-state index is 13.2. The van der Waals surface area contributed by atoms with Crippen molar-refractivity contribution in [1.29, 1.82) is 0 Å². The van der Waals surface area contributed by atoms with Gasteiger partial charge in [-0.05, 0) is 63.0 Å². The van der Waals surface area contributed by atoms with Crippen LogP contribution < -0.4 is 0 Å². The summed E-state index contributed by atoms with van der Waals surface area (Å²) in [7, 11) is 0. The van der Waals surface area contributed by atoms with Crippen LogP contribution in [0, 0.1) is 23.2 Å². The van der Waals surface area contributed by atoms with E-state index in [-0.39, 0.29) is 30.5 Å². The SMILES string of the molecule is CCCCCCCCCCCCOC(=O)OCOC1=C2O[C@H]3C(=O)CC[C@@]4(O)C5CC(C=C1)C2[C@@]34CCN5CC1CC1. The normalized spacial score (nSPS) is 34.7. The molecule has 0 aromatic rings. The number of carbonyl (C=O) groups excluding carboxylic acids is 2. The molecule has 2 saturated heterocycles. The zero-order valence-corrected chi connectivity index (χ0v) is 25.5. The first-order valence-corrected chi connectivity index (χ1v) is 17.0. The first-order valence-electron chi connectivity index (χ1n) is 17.0. The van der Waals surface area contributed by atoms with E-state index in [9.17, 15) is 14.7 Å². The summed E-state index contributed by atoms with van der Waals surface area (Å²) in [5, 5.41) is 12.4. The van der Waals surface area contributed by atoms with Gasteiger partial charge in [-0.1, -0.05) is 70.8 Å². The zero-order valence-electron chi connectivity index (χ0n) is 25.5. The lowest BCUT2D eigenvalue weighted by Crippen LogP contribution is -2.76. The van der Waals surface area contributed by atoms with Crippen molar-refractivity contribution >= 4 is 11.9 Å². The molecule has 0 aromatic carbocycles. The smallest absolute Gasteiger partial charge is 0.482 e. The number of carbonyl (C=O) groups is 2. The van der Waals surface area contributed by atoms with Gasteiger partial charge in [0.2, 0.25) is 6.79 Å². The maximum Gasteiger partial charge on any atom is 0.511 e. The molecule has 2 aliphatic heterocycles.